The Balaban J connectivity index is 1.53. The zero-order chi connectivity index (χ0) is 21.0. The van der Waals surface area contributed by atoms with Crippen LogP contribution in [0.25, 0.3) is 0 Å². The van der Waals surface area contributed by atoms with Crippen LogP contribution in [0.3, 0.4) is 0 Å². The van der Waals surface area contributed by atoms with Crippen molar-refractivity contribution < 1.29 is 19.7 Å². The summed E-state index contributed by atoms with van der Waals surface area (Å²) in [4.78, 5) is 11.6. The summed E-state index contributed by atoms with van der Waals surface area (Å²) in [5.74, 6) is 3.17. The Kier molecular flexibility index (Phi) is 5.83. The van der Waals surface area contributed by atoms with Gasteiger partial charge < -0.3 is 14.9 Å². The molecule has 4 aliphatic carbocycles. The molecule has 0 aromatic rings. The lowest BCUT2D eigenvalue weighted by molar-refractivity contribution is -0.174. The molecule has 4 rings (SSSR count). The molecular formula is C25H42O4. The molecule has 4 fully saturated rings. The number of methoxy groups -OCH3 is 1. The molecule has 2 unspecified atom stereocenters. The molecule has 10 atom stereocenters. The number of hydrogen-bond acceptors (Lipinski definition) is 4. The highest BCUT2D eigenvalue weighted by Gasteiger charge is 2.62. The fraction of sp³-hybridized carbons (Fsp3) is 0.960. The first-order valence-corrected chi connectivity index (χ1v) is 12.1. The molecule has 0 aliphatic heterocycles. The van der Waals surface area contributed by atoms with Gasteiger partial charge in [-0.05, 0) is 104 Å². The average molecular weight is 407 g/mol. The van der Waals surface area contributed by atoms with Crippen LogP contribution in [0.15, 0.2) is 0 Å². The zero-order valence-corrected chi connectivity index (χ0v) is 18.9. The first-order valence-electron chi connectivity index (χ1n) is 12.1. The Morgan fingerprint density at radius 1 is 1.03 bits per heavy atom. The summed E-state index contributed by atoms with van der Waals surface area (Å²) in [6.45, 7) is 7.29. The van der Waals surface area contributed by atoms with Crippen molar-refractivity contribution in [2.75, 3.05) is 7.11 Å². The van der Waals surface area contributed by atoms with Gasteiger partial charge in [0.1, 0.15) is 0 Å². The predicted molar refractivity (Wildman–Crippen MR) is 113 cm³/mol. The van der Waals surface area contributed by atoms with Crippen LogP contribution in [0.5, 0.6) is 0 Å². The van der Waals surface area contributed by atoms with Gasteiger partial charge >= 0.3 is 5.97 Å². The molecule has 0 heterocycles. The number of carbonyl (C=O) groups is 1. The minimum atomic E-state index is -0.211. The van der Waals surface area contributed by atoms with Gasteiger partial charge in [-0.15, -0.1) is 0 Å². The summed E-state index contributed by atoms with van der Waals surface area (Å²) in [7, 11) is 1.48. The molecule has 4 heteroatoms. The lowest BCUT2D eigenvalue weighted by Gasteiger charge is -2.62. The van der Waals surface area contributed by atoms with Gasteiger partial charge in [-0.25, -0.2) is 0 Å². The lowest BCUT2D eigenvalue weighted by Crippen LogP contribution is -2.58. The molecule has 29 heavy (non-hydrogen) atoms. The fourth-order valence-corrected chi connectivity index (χ4v) is 8.82. The van der Waals surface area contributed by atoms with Gasteiger partial charge in [-0.3, -0.25) is 4.79 Å². The van der Waals surface area contributed by atoms with Gasteiger partial charge in [-0.2, -0.15) is 0 Å². The van der Waals surface area contributed by atoms with Crippen LogP contribution in [0, 0.1) is 46.3 Å². The Labute approximate surface area is 176 Å². The summed E-state index contributed by atoms with van der Waals surface area (Å²) in [6.07, 6.45) is 9.80. The van der Waals surface area contributed by atoms with Gasteiger partial charge in [0.25, 0.3) is 0 Å². The van der Waals surface area contributed by atoms with E-state index < -0.39 is 0 Å². The molecule has 0 amide bonds. The van der Waals surface area contributed by atoms with Gasteiger partial charge in [0.2, 0.25) is 0 Å². The third kappa shape index (κ3) is 3.46. The third-order valence-corrected chi connectivity index (χ3v) is 10.4. The highest BCUT2D eigenvalue weighted by Crippen LogP contribution is 2.68. The Morgan fingerprint density at radius 3 is 2.45 bits per heavy atom. The molecule has 4 saturated carbocycles. The van der Waals surface area contributed by atoms with Crippen molar-refractivity contribution in [3.05, 3.63) is 0 Å². The van der Waals surface area contributed by atoms with Crippen LogP contribution in [-0.4, -0.2) is 35.5 Å². The molecule has 0 saturated heterocycles. The zero-order valence-electron chi connectivity index (χ0n) is 18.9. The number of ether oxygens (including phenoxy) is 1. The molecule has 0 aromatic carbocycles. The smallest absolute Gasteiger partial charge is 0.305 e. The van der Waals surface area contributed by atoms with E-state index in [0.717, 1.165) is 32.1 Å². The largest absolute Gasteiger partial charge is 0.469 e. The van der Waals surface area contributed by atoms with Crippen molar-refractivity contribution in [2.24, 2.45) is 46.3 Å². The molecule has 0 radical (unpaired) electrons. The number of hydrogen-bond donors (Lipinski definition) is 2. The summed E-state index contributed by atoms with van der Waals surface area (Å²) >= 11 is 0. The number of carbonyl (C=O) groups excluding carboxylic acids is 1. The van der Waals surface area contributed by atoms with Crippen molar-refractivity contribution >= 4 is 5.97 Å². The summed E-state index contributed by atoms with van der Waals surface area (Å²) < 4.78 is 4.86. The predicted octanol–water partition coefficient (Wildman–Crippen LogP) is 4.57. The Hall–Kier alpha value is -0.610. The van der Waals surface area contributed by atoms with Crippen molar-refractivity contribution in [1.82, 2.24) is 0 Å². The van der Waals surface area contributed by atoms with Gasteiger partial charge in [0, 0.05) is 6.42 Å². The number of aliphatic hydroxyl groups excluding tert-OH is 2. The molecular weight excluding hydrogens is 364 g/mol. The SMILES string of the molecule is COC(=O)CC[C@@H](C)C1CC[C@H]2[C@@H]3[C@H](O)CC4C[C@H](O)CC[C@]4(C)[C@H]3CC[C@]12C. The number of fused-ring (bicyclic) bond motifs is 5. The monoisotopic (exact) mass is 406 g/mol. The summed E-state index contributed by atoms with van der Waals surface area (Å²) in [5.41, 5.74) is 0.577. The molecule has 0 aromatic heterocycles. The maximum absolute atomic E-state index is 11.6. The van der Waals surface area contributed by atoms with Crippen LogP contribution in [0.4, 0.5) is 0 Å². The molecule has 2 N–H and O–H groups in total. The highest BCUT2D eigenvalue weighted by molar-refractivity contribution is 5.69. The standard InChI is InChI=1S/C25H42O4/c1-15(5-8-22(28)29-4)18-6-7-19-23-20(10-12-25(18,19)3)24(2)11-9-17(26)13-16(24)14-21(23)27/h15-21,23,26-27H,5-14H2,1-4H3/t15-,16?,17-,18?,19+,20+,21-,23+,24+,25-/m1/s1. The lowest BCUT2D eigenvalue weighted by atomic mass is 9.43. The van der Waals surface area contributed by atoms with E-state index in [0.29, 0.717) is 47.3 Å². The number of aliphatic hydroxyl groups is 2. The van der Waals surface area contributed by atoms with Crippen LogP contribution >= 0.6 is 0 Å². The van der Waals surface area contributed by atoms with Crippen LogP contribution in [0.1, 0.15) is 85.0 Å². The van der Waals surface area contributed by atoms with E-state index in [1.54, 1.807) is 0 Å². The van der Waals surface area contributed by atoms with E-state index >= 15 is 0 Å². The molecule has 166 valence electrons. The maximum atomic E-state index is 11.6. The second kappa shape index (κ2) is 7.82. The molecule has 4 aliphatic rings. The second-order valence-electron chi connectivity index (χ2n) is 11.5. The van der Waals surface area contributed by atoms with Crippen molar-refractivity contribution in [2.45, 2.75) is 97.2 Å². The van der Waals surface area contributed by atoms with Gasteiger partial charge in [0.05, 0.1) is 19.3 Å². The van der Waals surface area contributed by atoms with E-state index in [2.05, 4.69) is 20.8 Å². The first kappa shape index (κ1) is 21.6. The third-order valence-electron chi connectivity index (χ3n) is 10.4. The van der Waals surface area contributed by atoms with Gasteiger partial charge in [0.15, 0.2) is 0 Å². The maximum Gasteiger partial charge on any atom is 0.305 e. The first-order chi connectivity index (χ1) is 13.7. The minimum Gasteiger partial charge on any atom is -0.469 e. The van der Waals surface area contributed by atoms with Crippen LogP contribution in [0.2, 0.25) is 0 Å². The number of esters is 1. The normalized spacial score (nSPS) is 50.2. The van der Waals surface area contributed by atoms with E-state index in [9.17, 15) is 15.0 Å². The molecule has 4 nitrogen and oxygen atoms in total. The summed E-state index contributed by atoms with van der Waals surface area (Å²) in [6, 6.07) is 0. The van der Waals surface area contributed by atoms with Gasteiger partial charge in [-0.1, -0.05) is 20.8 Å². The topological polar surface area (TPSA) is 66.8 Å². The van der Waals surface area contributed by atoms with Crippen molar-refractivity contribution in [3.63, 3.8) is 0 Å². The average Bonchev–Trinajstić information content (AvgIpc) is 3.04. The Bertz CT molecular complexity index is 620. The Morgan fingerprint density at radius 2 is 1.72 bits per heavy atom. The van der Waals surface area contributed by atoms with Crippen LogP contribution < -0.4 is 0 Å². The fourth-order valence-electron chi connectivity index (χ4n) is 8.82. The molecule has 0 bridgehead atoms. The number of rotatable bonds is 4. The highest BCUT2D eigenvalue weighted by atomic mass is 16.5. The second-order valence-corrected chi connectivity index (χ2v) is 11.5. The minimum absolute atomic E-state index is 0.0959. The summed E-state index contributed by atoms with van der Waals surface area (Å²) in [5, 5.41) is 21.5. The van der Waals surface area contributed by atoms with E-state index in [1.807, 2.05) is 0 Å². The van der Waals surface area contributed by atoms with E-state index in [1.165, 1.54) is 32.8 Å². The van der Waals surface area contributed by atoms with Crippen LogP contribution in [-0.2, 0) is 9.53 Å². The van der Waals surface area contributed by atoms with Crippen molar-refractivity contribution in [3.8, 4) is 0 Å². The quantitative estimate of drug-likeness (QED) is 0.671. The van der Waals surface area contributed by atoms with E-state index in [-0.39, 0.29) is 23.6 Å². The van der Waals surface area contributed by atoms with Crippen molar-refractivity contribution in [1.29, 1.82) is 0 Å². The molecule has 0 spiro atoms. The van der Waals surface area contributed by atoms with E-state index in [4.69, 9.17) is 4.74 Å².